The van der Waals surface area contributed by atoms with Crippen molar-refractivity contribution in [1.82, 2.24) is 9.78 Å². The summed E-state index contributed by atoms with van der Waals surface area (Å²) in [5.41, 5.74) is 0.815. The minimum Gasteiger partial charge on any atom is -0.405 e. The van der Waals surface area contributed by atoms with Gasteiger partial charge in [-0.25, -0.2) is 0 Å². The zero-order chi connectivity index (χ0) is 14.8. The molecule has 2 aromatic rings. The van der Waals surface area contributed by atoms with E-state index in [2.05, 4.69) is 9.84 Å². The van der Waals surface area contributed by atoms with Crippen LogP contribution in [-0.4, -0.2) is 21.2 Å². The van der Waals surface area contributed by atoms with Crippen molar-refractivity contribution in [2.45, 2.75) is 18.9 Å². The van der Waals surface area contributed by atoms with Gasteiger partial charge in [-0.1, -0.05) is 18.2 Å². The van der Waals surface area contributed by atoms with Crippen molar-refractivity contribution in [1.29, 1.82) is 0 Å². The van der Waals surface area contributed by atoms with Crippen LogP contribution in [0.5, 0.6) is 5.75 Å². The summed E-state index contributed by atoms with van der Waals surface area (Å²) in [6.45, 7) is 0. The molecule has 1 aromatic heterocycles. The Balaban J connectivity index is 2.19. The van der Waals surface area contributed by atoms with Crippen molar-refractivity contribution in [3.05, 3.63) is 47.8 Å². The van der Waals surface area contributed by atoms with Crippen molar-refractivity contribution in [2.75, 3.05) is 0 Å². The molecule has 1 unspecified atom stereocenters. The van der Waals surface area contributed by atoms with Gasteiger partial charge in [0, 0.05) is 25.2 Å². The molecule has 0 saturated carbocycles. The number of alkyl halides is 3. The first kappa shape index (κ1) is 14.4. The van der Waals surface area contributed by atoms with Crippen LogP contribution < -0.4 is 4.74 Å². The van der Waals surface area contributed by atoms with E-state index in [0.29, 0.717) is 0 Å². The fourth-order valence-corrected chi connectivity index (χ4v) is 1.88. The van der Waals surface area contributed by atoms with Crippen LogP contribution >= 0.6 is 0 Å². The molecule has 0 aliphatic heterocycles. The van der Waals surface area contributed by atoms with Crippen LogP contribution in [0.2, 0.25) is 0 Å². The van der Waals surface area contributed by atoms with E-state index in [4.69, 9.17) is 0 Å². The number of rotatable bonds is 4. The number of hydrogen-bond acceptors (Lipinski definition) is 3. The predicted molar refractivity (Wildman–Crippen MR) is 65.0 cm³/mol. The van der Waals surface area contributed by atoms with Gasteiger partial charge in [-0.05, 0) is 11.6 Å². The summed E-state index contributed by atoms with van der Waals surface area (Å²) >= 11 is 0. The van der Waals surface area contributed by atoms with E-state index in [0.717, 1.165) is 5.56 Å². The maximum atomic E-state index is 12.3. The standard InChI is InChI=1S/C13H13F3N2O2/c1-18-8-9(7-17-18)6-11(19)10-4-2-3-5-12(10)20-13(14,15)16/h2-5,7-8,11,19H,6H2,1H3. The third kappa shape index (κ3) is 3.74. The van der Waals surface area contributed by atoms with Crippen LogP contribution in [0.4, 0.5) is 13.2 Å². The summed E-state index contributed by atoms with van der Waals surface area (Å²) in [5.74, 6) is -0.392. The average molecular weight is 286 g/mol. The molecule has 1 aromatic carbocycles. The van der Waals surface area contributed by atoms with E-state index in [9.17, 15) is 18.3 Å². The third-order valence-corrected chi connectivity index (χ3v) is 2.69. The second-order valence-corrected chi connectivity index (χ2v) is 4.33. The van der Waals surface area contributed by atoms with E-state index in [1.165, 1.54) is 18.2 Å². The number of aliphatic hydroxyl groups excluding tert-OH is 1. The number of halogens is 3. The number of aryl methyl sites for hydroxylation is 1. The van der Waals surface area contributed by atoms with Crippen LogP contribution in [0.1, 0.15) is 17.2 Å². The van der Waals surface area contributed by atoms with Gasteiger partial charge in [0.1, 0.15) is 5.75 Å². The molecular weight excluding hydrogens is 273 g/mol. The molecule has 0 bridgehead atoms. The van der Waals surface area contributed by atoms with E-state index in [-0.39, 0.29) is 12.0 Å². The number of nitrogens with zero attached hydrogens (tertiary/aromatic N) is 2. The number of aliphatic hydroxyl groups is 1. The molecule has 2 rings (SSSR count). The zero-order valence-corrected chi connectivity index (χ0v) is 10.6. The third-order valence-electron chi connectivity index (χ3n) is 2.69. The Morgan fingerprint density at radius 2 is 2.05 bits per heavy atom. The van der Waals surface area contributed by atoms with Crippen LogP contribution in [-0.2, 0) is 13.5 Å². The minimum atomic E-state index is -4.79. The van der Waals surface area contributed by atoms with Gasteiger partial charge < -0.3 is 9.84 Å². The molecule has 0 saturated heterocycles. The van der Waals surface area contributed by atoms with Gasteiger partial charge in [0.05, 0.1) is 12.3 Å². The first-order chi connectivity index (χ1) is 9.35. The Labute approximate surface area is 113 Å². The highest BCUT2D eigenvalue weighted by molar-refractivity contribution is 5.36. The average Bonchev–Trinajstić information content (AvgIpc) is 2.73. The fraction of sp³-hybridized carbons (Fsp3) is 0.308. The molecule has 20 heavy (non-hydrogen) atoms. The topological polar surface area (TPSA) is 47.3 Å². The van der Waals surface area contributed by atoms with E-state index < -0.39 is 18.2 Å². The van der Waals surface area contributed by atoms with E-state index >= 15 is 0 Å². The second-order valence-electron chi connectivity index (χ2n) is 4.33. The first-order valence-electron chi connectivity index (χ1n) is 5.85. The van der Waals surface area contributed by atoms with Gasteiger partial charge >= 0.3 is 6.36 Å². The van der Waals surface area contributed by atoms with E-state index in [1.54, 1.807) is 30.2 Å². The number of ether oxygens (including phenoxy) is 1. The van der Waals surface area contributed by atoms with Crippen molar-refractivity contribution in [3.63, 3.8) is 0 Å². The molecule has 1 atom stereocenters. The fourth-order valence-electron chi connectivity index (χ4n) is 1.88. The minimum absolute atomic E-state index is 0.0914. The Morgan fingerprint density at radius 3 is 2.65 bits per heavy atom. The van der Waals surface area contributed by atoms with Crippen molar-refractivity contribution in [3.8, 4) is 5.75 Å². The summed E-state index contributed by atoms with van der Waals surface area (Å²) in [6.07, 6.45) is -2.49. The molecule has 0 spiro atoms. The summed E-state index contributed by atoms with van der Waals surface area (Å²) in [6, 6.07) is 5.55. The largest absolute Gasteiger partial charge is 0.573 e. The smallest absolute Gasteiger partial charge is 0.405 e. The molecule has 108 valence electrons. The van der Waals surface area contributed by atoms with Crippen LogP contribution in [0.25, 0.3) is 0 Å². The Bertz CT molecular complexity index is 581. The lowest BCUT2D eigenvalue weighted by Crippen LogP contribution is -2.19. The molecule has 0 radical (unpaired) electrons. The van der Waals surface area contributed by atoms with Crippen molar-refractivity contribution >= 4 is 0 Å². The highest BCUT2D eigenvalue weighted by atomic mass is 19.4. The highest BCUT2D eigenvalue weighted by Gasteiger charge is 2.32. The van der Waals surface area contributed by atoms with E-state index in [1.807, 2.05) is 0 Å². The SMILES string of the molecule is Cn1cc(CC(O)c2ccccc2OC(F)(F)F)cn1. The summed E-state index contributed by atoms with van der Waals surface area (Å²) in [7, 11) is 1.72. The van der Waals surface area contributed by atoms with Gasteiger partial charge in [0.25, 0.3) is 0 Å². The monoisotopic (exact) mass is 286 g/mol. The molecule has 4 nitrogen and oxygen atoms in total. The lowest BCUT2D eigenvalue weighted by molar-refractivity contribution is -0.275. The highest BCUT2D eigenvalue weighted by Crippen LogP contribution is 2.31. The maximum Gasteiger partial charge on any atom is 0.573 e. The van der Waals surface area contributed by atoms with Crippen molar-refractivity contribution < 1.29 is 23.0 Å². The molecule has 0 aliphatic rings. The molecule has 0 aliphatic carbocycles. The van der Waals surface area contributed by atoms with Gasteiger partial charge in [-0.15, -0.1) is 13.2 Å². The molecular formula is C13H13F3N2O2. The Kier molecular flexibility index (Phi) is 3.99. The Hall–Kier alpha value is -2.02. The summed E-state index contributed by atoms with van der Waals surface area (Å²) in [5, 5.41) is 14.0. The van der Waals surface area contributed by atoms with Crippen LogP contribution in [0, 0.1) is 0 Å². The number of aromatic nitrogens is 2. The van der Waals surface area contributed by atoms with Crippen LogP contribution in [0.3, 0.4) is 0 Å². The van der Waals surface area contributed by atoms with Crippen LogP contribution in [0.15, 0.2) is 36.7 Å². The van der Waals surface area contributed by atoms with Gasteiger partial charge in [0.2, 0.25) is 0 Å². The predicted octanol–water partition coefficient (Wildman–Crippen LogP) is 2.59. The maximum absolute atomic E-state index is 12.3. The first-order valence-corrected chi connectivity index (χ1v) is 5.85. The zero-order valence-electron chi connectivity index (χ0n) is 10.6. The quantitative estimate of drug-likeness (QED) is 0.939. The molecule has 1 N–H and O–H groups in total. The summed E-state index contributed by atoms with van der Waals surface area (Å²) in [4.78, 5) is 0. The van der Waals surface area contributed by atoms with Gasteiger partial charge in [-0.2, -0.15) is 5.10 Å². The number of benzene rings is 1. The number of para-hydroxylation sites is 1. The second kappa shape index (κ2) is 5.54. The normalized spacial score (nSPS) is 13.2. The van der Waals surface area contributed by atoms with Gasteiger partial charge in [-0.3, -0.25) is 4.68 Å². The van der Waals surface area contributed by atoms with Crippen molar-refractivity contribution in [2.24, 2.45) is 7.05 Å². The summed E-state index contributed by atoms with van der Waals surface area (Å²) < 4.78 is 42.4. The lowest BCUT2D eigenvalue weighted by Gasteiger charge is -2.16. The molecule has 7 heteroatoms. The molecule has 0 amide bonds. The molecule has 0 fully saturated rings. The Morgan fingerprint density at radius 1 is 1.35 bits per heavy atom. The van der Waals surface area contributed by atoms with Gasteiger partial charge in [0.15, 0.2) is 0 Å². The number of hydrogen-bond donors (Lipinski definition) is 1. The molecule has 1 heterocycles. The lowest BCUT2D eigenvalue weighted by atomic mass is 10.0.